The average molecular weight is 418 g/mol. The third kappa shape index (κ3) is 9.17. The van der Waals surface area contributed by atoms with Crippen molar-refractivity contribution in [2.24, 2.45) is 0 Å². The molecule has 0 heterocycles. The Kier molecular flexibility index (Phi) is 8.47. The highest BCUT2D eigenvalue weighted by Crippen LogP contribution is 2.44. The molecule has 2 aromatic rings. The molecule has 0 spiro atoms. The number of phosphoric ester groups is 2. The van der Waals surface area contributed by atoms with E-state index in [0.29, 0.717) is 0 Å². The van der Waals surface area contributed by atoms with Crippen LogP contribution < -0.4 is 9.05 Å². The summed E-state index contributed by atoms with van der Waals surface area (Å²) < 4.78 is 47.8. The highest BCUT2D eigenvalue weighted by molar-refractivity contribution is 7.48. The Morgan fingerprint density at radius 2 is 1.00 bits per heavy atom. The molecule has 9 nitrogen and oxygen atoms in total. The summed E-state index contributed by atoms with van der Waals surface area (Å²) in [5.74, 6) is 0.407. The van der Waals surface area contributed by atoms with Crippen LogP contribution in [0.15, 0.2) is 60.7 Å². The third-order valence-corrected chi connectivity index (χ3v) is 4.79. The number of ether oxygens (including phenoxy) is 1. The van der Waals surface area contributed by atoms with Gasteiger partial charge in [0.25, 0.3) is 0 Å². The van der Waals surface area contributed by atoms with Crippen LogP contribution in [0.25, 0.3) is 0 Å². The molecule has 0 aliphatic carbocycles. The Morgan fingerprint density at radius 3 is 1.37 bits per heavy atom. The summed E-state index contributed by atoms with van der Waals surface area (Å²) in [6.45, 7) is -0.501. The molecule has 2 N–H and O–H groups in total. The van der Waals surface area contributed by atoms with Crippen LogP contribution >= 0.6 is 15.6 Å². The van der Waals surface area contributed by atoms with Gasteiger partial charge in [0.2, 0.25) is 0 Å². The highest BCUT2D eigenvalue weighted by atomic mass is 31.2. The van der Waals surface area contributed by atoms with E-state index in [1.54, 1.807) is 36.4 Å². The molecule has 0 aromatic heterocycles. The first-order valence-corrected chi connectivity index (χ1v) is 10.9. The maximum Gasteiger partial charge on any atom is 0.527 e. The van der Waals surface area contributed by atoms with E-state index in [1.807, 2.05) is 0 Å². The van der Waals surface area contributed by atoms with Gasteiger partial charge in [-0.1, -0.05) is 36.4 Å². The number of hydrogen-bond donors (Lipinski definition) is 2. The van der Waals surface area contributed by atoms with E-state index in [2.05, 4.69) is 0 Å². The second-order valence-electron chi connectivity index (χ2n) is 5.02. The van der Waals surface area contributed by atoms with Crippen LogP contribution in [0.1, 0.15) is 0 Å². The Morgan fingerprint density at radius 1 is 0.630 bits per heavy atom. The smallest absolute Gasteiger partial charge is 0.404 e. The maximum atomic E-state index is 11.7. The van der Waals surface area contributed by atoms with Gasteiger partial charge in [0, 0.05) is 0 Å². The predicted molar refractivity (Wildman–Crippen MR) is 96.5 cm³/mol. The monoisotopic (exact) mass is 418 g/mol. The van der Waals surface area contributed by atoms with E-state index in [0.717, 1.165) is 0 Å². The second-order valence-corrected chi connectivity index (χ2v) is 7.78. The molecule has 2 rings (SSSR count). The van der Waals surface area contributed by atoms with Crippen molar-refractivity contribution in [3.63, 3.8) is 0 Å². The minimum atomic E-state index is -4.25. The summed E-state index contributed by atoms with van der Waals surface area (Å²) in [5.41, 5.74) is 0. The summed E-state index contributed by atoms with van der Waals surface area (Å²) in [4.78, 5) is 19.1. The SMILES string of the molecule is O=P(O)(OCCOCCOP(=O)(O)Oc1ccccc1)Oc1ccccc1. The molecule has 11 heteroatoms. The van der Waals surface area contributed by atoms with Crippen molar-refractivity contribution in [2.45, 2.75) is 0 Å². The molecule has 0 fully saturated rings. The van der Waals surface area contributed by atoms with Crippen LogP contribution in [-0.4, -0.2) is 36.2 Å². The second kappa shape index (κ2) is 10.6. The van der Waals surface area contributed by atoms with Crippen molar-refractivity contribution < 1.29 is 41.7 Å². The zero-order valence-electron chi connectivity index (χ0n) is 14.2. The Balaban J connectivity index is 1.57. The van der Waals surface area contributed by atoms with Gasteiger partial charge in [0.15, 0.2) is 0 Å². The fraction of sp³-hybridized carbons (Fsp3) is 0.250. The van der Waals surface area contributed by atoms with Crippen LogP contribution in [0.2, 0.25) is 0 Å². The molecule has 0 bridgehead atoms. The fourth-order valence-corrected chi connectivity index (χ4v) is 3.30. The minimum Gasteiger partial charge on any atom is -0.404 e. The van der Waals surface area contributed by atoms with Crippen LogP contribution in [0.5, 0.6) is 11.5 Å². The molecule has 0 saturated carbocycles. The van der Waals surface area contributed by atoms with Crippen molar-refractivity contribution in [1.82, 2.24) is 0 Å². The van der Waals surface area contributed by atoms with Gasteiger partial charge in [-0.2, -0.15) is 0 Å². The van der Waals surface area contributed by atoms with Crippen molar-refractivity contribution in [3.05, 3.63) is 60.7 Å². The predicted octanol–water partition coefficient (Wildman–Crippen LogP) is 3.40. The van der Waals surface area contributed by atoms with Gasteiger partial charge in [-0.15, -0.1) is 0 Å². The number of hydrogen-bond acceptors (Lipinski definition) is 7. The molecular formula is C16H20O9P2. The summed E-state index contributed by atoms with van der Waals surface area (Å²) in [6.07, 6.45) is 0. The molecule has 0 aliphatic heterocycles. The van der Waals surface area contributed by atoms with Gasteiger partial charge in [-0.05, 0) is 24.3 Å². The fourth-order valence-electron chi connectivity index (χ4n) is 1.81. The Hall–Kier alpha value is -1.70. The molecule has 2 aromatic carbocycles. The largest absolute Gasteiger partial charge is 0.527 e. The zero-order valence-corrected chi connectivity index (χ0v) is 16.0. The number of phosphoric acid groups is 2. The molecule has 0 radical (unpaired) electrons. The number of rotatable bonds is 12. The van der Waals surface area contributed by atoms with E-state index >= 15 is 0 Å². The summed E-state index contributed by atoms with van der Waals surface area (Å²) in [5, 5.41) is 0. The lowest BCUT2D eigenvalue weighted by atomic mass is 10.3. The standard InChI is InChI=1S/C16H20O9P2/c17-26(18,24-15-7-3-1-4-8-15)22-13-11-21-12-14-23-27(19,20)25-16-9-5-2-6-10-16/h1-10H,11-14H2,(H,17,18)(H,19,20). The summed E-state index contributed by atoms with van der Waals surface area (Å²) in [6, 6.07) is 16.2. The molecule has 27 heavy (non-hydrogen) atoms. The zero-order chi connectivity index (χ0) is 19.6. The van der Waals surface area contributed by atoms with Gasteiger partial charge < -0.3 is 13.8 Å². The summed E-state index contributed by atoms with van der Waals surface area (Å²) in [7, 11) is -8.50. The minimum absolute atomic E-state index is 0.0403. The molecule has 2 atom stereocenters. The lowest BCUT2D eigenvalue weighted by molar-refractivity contribution is 0.0608. The van der Waals surface area contributed by atoms with Gasteiger partial charge in [0.05, 0.1) is 26.4 Å². The molecule has 0 amide bonds. The van der Waals surface area contributed by atoms with Crippen molar-refractivity contribution in [3.8, 4) is 11.5 Å². The Labute approximate surface area is 156 Å². The van der Waals surface area contributed by atoms with E-state index in [1.165, 1.54) is 24.3 Å². The Bertz CT molecular complexity index is 704. The molecule has 0 aliphatic rings. The highest BCUT2D eigenvalue weighted by Gasteiger charge is 2.23. The third-order valence-electron chi connectivity index (χ3n) is 2.89. The van der Waals surface area contributed by atoms with Crippen LogP contribution in [0, 0.1) is 0 Å². The molecular weight excluding hydrogens is 398 g/mol. The molecule has 148 valence electrons. The average Bonchev–Trinajstić information content (AvgIpc) is 2.61. The molecule has 2 unspecified atom stereocenters. The first-order chi connectivity index (χ1) is 12.9. The number of para-hydroxylation sites is 2. The topological polar surface area (TPSA) is 121 Å². The van der Waals surface area contributed by atoms with E-state index in [4.69, 9.17) is 22.8 Å². The lowest BCUT2D eigenvalue weighted by Gasteiger charge is -2.14. The van der Waals surface area contributed by atoms with Gasteiger partial charge >= 0.3 is 15.6 Å². The quantitative estimate of drug-likeness (QED) is 0.395. The van der Waals surface area contributed by atoms with Crippen LogP contribution in [0.3, 0.4) is 0 Å². The first kappa shape index (κ1) is 21.6. The number of benzene rings is 2. The van der Waals surface area contributed by atoms with Gasteiger partial charge in [-0.3, -0.25) is 18.8 Å². The van der Waals surface area contributed by atoms with Crippen LogP contribution in [0.4, 0.5) is 0 Å². The van der Waals surface area contributed by atoms with Gasteiger partial charge in [0.1, 0.15) is 11.5 Å². The summed E-state index contributed by atoms with van der Waals surface area (Å²) >= 11 is 0. The van der Waals surface area contributed by atoms with E-state index in [9.17, 15) is 18.9 Å². The first-order valence-electron chi connectivity index (χ1n) is 7.88. The van der Waals surface area contributed by atoms with E-state index in [-0.39, 0.29) is 37.9 Å². The maximum absolute atomic E-state index is 11.7. The molecule has 0 saturated heterocycles. The van der Waals surface area contributed by atoms with Gasteiger partial charge in [-0.25, -0.2) is 9.13 Å². The van der Waals surface area contributed by atoms with Crippen molar-refractivity contribution in [2.75, 3.05) is 26.4 Å². The normalized spacial score (nSPS) is 15.5. The van der Waals surface area contributed by atoms with E-state index < -0.39 is 15.6 Å². The van der Waals surface area contributed by atoms with Crippen molar-refractivity contribution in [1.29, 1.82) is 0 Å². The lowest BCUT2D eigenvalue weighted by Crippen LogP contribution is -2.10. The van der Waals surface area contributed by atoms with Crippen LogP contribution in [-0.2, 0) is 22.9 Å². The van der Waals surface area contributed by atoms with Crippen molar-refractivity contribution >= 4 is 15.6 Å².